The minimum absolute atomic E-state index is 0.0337. The van der Waals surface area contributed by atoms with E-state index in [1.807, 2.05) is 18.7 Å². The zero-order valence-electron chi connectivity index (χ0n) is 11.0. The highest BCUT2D eigenvalue weighted by Gasteiger charge is 2.33. The van der Waals surface area contributed by atoms with E-state index in [1.165, 1.54) is 12.8 Å². The van der Waals surface area contributed by atoms with Crippen LogP contribution in [0.4, 0.5) is 0 Å². The van der Waals surface area contributed by atoms with E-state index in [4.69, 9.17) is 4.74 Å². The summed E-state index contributed by atoms with van der Waals surface area (Å²) in [5, 5.41) is 3.37. The Morgan fingerprint density at radius 2 is 2.18 bits per heavy atom. The number of rotatable bonds is 1. The number of carbonyl (C=O) groups is 1. The van der Waals surface area contributed by atoms with Crippen molar-refractivity contribution in [3.63, 3.8) is 0 Å². The van der Waals surface area contributed by atoms with Gasteiger partial charge in [0.1, 0.15) is 0 Å². The van der Waals surface area contributed by atoms with Gasteiger partial charge in [-0.05, 0) is 33.2 Å². The number of morpholine rings is 1. The normalized spacial score (nSPS) is 29.8. The zero-order chi connectivity index (χ0) is 12.3. The molecule has 4 nitrogen and oxygen atoms in total. The van der Waals surface area contributed by atoms with Crippen LogP contribution in [-0.2, 0) is 9.53 Å². The second-order valence-electron chi connectivity index (χ2n) is 5.72. The Labute approximate surface area is 104 Å². The van der Waals surface area contributed by atoms with Crippen LogP contribution in [0, 0.1) is 0 Å². The van der Waals surface area contributed by atoms with Crippen molar-refractivity contribution >= 4 is 5.91 Å². The molecule has 1 N–H and O–H groups in total. The van der Waals surface area contributed by atoms with Crippen molar-refractivity contribution in [3.8, 4) is 0 Å². The summed E-state index contributed by atoms with van der Waals surface area (Å²) in [6.07, 6.45) is 4.58. The van der Waals surface area contributed by atoms with Crippen molar-refractivity contribution in [1.82, 2.24) is 10.2 Å². The summed E-state index contributed by atoms with van der Waals surface area (Å²) in [7, 11) is 0. The van der Waals surface area contributed by atoms with E-state index in [9.17, 15) is 4.79 Å². The zero-order valence-corrected chi connectivity index (χ0v) is 11.0. The van der Waals surface area contributed by atoms with Crippen molar-refractivity contribution in [2.24, 2.45) is 0 Å². The van der Waals surface area contributed by atoms with Crippen LogP contribution in [0.25, 0.3) is 0 Å². The van der Waals surface area contributed by atoms with Crippen molar-refractivity contribution in [3.05, 3.63) is 0 Å². The Kier molecular flexibility index (Phi) is 4.05. The van der Waals surface area contributed by atoms with Gasteiger partial charge in [0.2, 0.25) is 5.91 Å². The van der Waals surface area contributed by atoms with Crippen LogP contribution >= 0.6 is 0 Å². The molecule has 2 aliphatic rings. The second kappa shape index (κ2) is 5.36. The quantitative estimate of drug-likeness (QED) is 0.747. The maximum absolute atomic E-state index is 12.4. The Bertz CT molecular complexity index is 271. The highest BCUT2D eigenvalue weighted by Crippen LogP contribution is 2.18. The first-order chi connectivity index (χ1) is 8.08. The minimum atomic E-state index is -0.196. The topological polar surface area (TPSA) is 41.6 Å². The molecule has 1 unspecified atom stereocenters. The molecule has 2 saturated heterocycles. The summed E-state index contributed by atoms with van der Waals surface area (Å²) in [5.41, 5.74) is -0.196. The van der Waals surface area contributed by atoms with E-state index in [0.717, 1.165) is 25.9 Å². The molecule has 2 rings (SSSR count). The van der Waals surface area contributed by atoms with Crippen LogP contribution in [0.3, 0.4) is 0 Å². The molecule has 0 aromatic heterocycles. The van der Waals surface area contributed by atoms with E-state index in [0.29, 0.717) is 13.2 Å². The summed E-state index contributed by atoms with van der Waals surface area (Å²) in [4.78, 5) is 14.4. The van der Waals surface area contributed by atoms with Crippen molar-refractivity contribution in [2.75, 3.05) is 26.2 Å². The Morgan fingerprint density at radius 3 is 2.94 bits per heavy atom. The molecule has 1 atom stereocenters. The van der Waals surface area contributed by atoms with Crippen LogP contribution < -0.4 is 5.32 Å². The van der Waals surface area contributed by atoms with Gasteiger partial charge in [-0.2, -0.15) is 0 Å². The van der Waals surface area contributed by atoms with E-state index >= 15 is 0 Å². The molecule has 2 fully saturated rings. The molecule has 2 heterocycles. The van der Waals surface area contributed by atoms with E-state index < -0.39 is 0 Å². The van der Waals surface area contributed by atoms with Gasteiger partial charge in [0.05, 0.1) is 18.2 Å². The van der Waals surface area contributed by atoms with Gasteiger partial charge >= 0.3 is 0 Å². The van der Waals surface area contributed by atoms with Crippen molar-refractivity contribution < 1.29 is 9.53 Å². The lowest BCUT2D eigenvalue weighted by Crippen LogP contribution is -2.55. The molecular formula is C13H24N2O2. The first-order valence-corrected chi connectivity index (χ1v) is 6.75. The lowest BCUT2D eigenvalue weighted by molar-refractivity contribution is -0.148. The van der Waals surface area contributed by atoms with Crippen LogP contribution in [-0.4, -0.2) is 48.7 Å². The van der Waals surface area contributed by atoms with E-state index in [1.54, 1.807) is 0 Å². The largest absolute Gasteiger partial charge is 0.372 e. The molecule has 1 amide bonds. The van der Waals surface area contributed by atoms with Crippen LogP contribution in [0.1, 0.15) is 39.5 Å². The average molecular weight is 240 g/mol. The number of nitrogens with zero attached hydrogens (tertiary/aromatic N) is 1. The molecule has 0 aliphatic carbocycles. The van der Waals surface area contributed by atoms with Gasteiger partial charge in [-0.15, -0.1) is 0 Å². The Morgan fingerprint density at radius 1 is 1.35 bits per heavy atom. The molecule has 0 aromatic rings. The lowest BCUT2D eigenvalue weighted by Gasteiger charge is -2.39. The van der Waals surface area contributed by atoms with Gasteiger partial charge in [-0.3, -0.25) is 4.79 Å². The molecule has 2 aliphatic heterocycles. The number of carbonyl (C=O) groups excluding carboxylic acids is 1. The van der Waals surface area contributed by atoms with Gasteiger partial charge in [0.15, 0.2) is 0 Å². The van der Waals surface area contributed by atoms with Crippen LogP contribution in [0.5, 0.6) is 0 Å². The first kappa shape index (κ1) is 12.8. The van der Waals surface area contributed by atoms with Crippen molar-refractivity contribution in [1.29, 1.82) is 0 Å². The van der Waals surface area contributed by atoms with Crippen molar-refractivity contribution in [2.45, 2.75) is 51.2 Å². The van der Waals surface area contributed by atoms with E-state index in [-0.39, 0.29) is 17.6 Å². The minimum Gasteiger partial charge on any atom is -0.372 e. The van der Waals surface area contributed by atoms with Gasteiger partial charge in [0, 0.05) is 13.1 Å². The number of ether oxygens (including phenoxy) is 1. The molecular weight excluding hydrogens is 216 g/mol. The van der Waals surface area contributed by atoms with Gasteiger partial charge in [-0.25, -0.2) is 0 Å². The number of nitrogens with one attached hydrogen (secondary N) is 1. The maximum atomic E-state index is 12.4. The van der Waals surface area contributed by atoms with Crippen LogP contribution in [0.15, 0.2) is 0 Å². The monoisotopic (exact) mass is 240 g/mol. The molecule has 4 heteroatoms. The number of amides is 1. The SMILES string of the molecule is CC1(C)CN(C(=O)C2CCCCCN2)CCO1. The average Bonchev–Trinajstić information content (AvgIpc) is 2.55. The molecule has 0 spiro atoms. The fraction of sp³-hybridized carbons (Fsp3) is 0.923. The molecule has 0 saturated carbocycles. The Balaban J connectivity index is 1.93. The predicted octanol–water partition coefficient (Wildman–Crippen LogP) is 1.16. The molecule has 17 heavy (non-hydrogen) atoms. The Hall–Kier alpha value is -0.610. The predicted molar refractivity (Wildman–Crippen MR) is 66.9 cm³/mol. The molecule has 0 radical (unpaired) electrons. The molecule has 0 aromatic carbocycles. The van der Waals surface area contributed by atoms with Gasteiger partial charge in [0.25, 0.3) is 0 Å². The highest BCUT2D eigenvalue weighted by molar-refractivity contribution is 5.82. The second-order valence-corrected chi connectivity index (χ2v) is 5.72. The fourth-order valence-electron chi connectivity index (χ4n) is 2.66. The van der Waals surface area contributed by atoms with Crippen LogP contribution in [0.2, 0.25) is 0 Å². The van der Waals surface area contributed by atoms with E-state index in [2.05, 4.69) is 5.32 Å². The molecule has 0 bridgehead atoms. The standard InChI is InChI=1S/C13H24N2O2/c1-13(2)10-15(8-9-17-13)12(16)11-6-4-3-5-7-14-11/h11,14H,3-10H2,1-2H3. The lowest BCUT2D eigenvalue weighted by atomic mass is 10.0. The summed E-state index contributed by atoms with van der Waals surface area (Å²) in [6, 6.07) is 0.0337. The summed E-state index contributed by atoms with van der Waals surface area (Å²) < 4.78 is 5.64. The summed E-state index contributed by atoms with van der Waals surface area (Å²) in [5.74, 6) is 0.267. The smallest absolute Gasteiger partial charge is 0.239 e. The summed E-state index contributed by atoms with van der Waals surface area (Å²) in [6.45, 7) is 7.18. The third-order valence-electron chi connectivity index (χ3n) is 3.60. The maximum Gasteiger partial charge on any atom is 0.239 e. The highest BCUT2D eigenvalue weighted by atomic mass is 16.5. The third-order valence-corrected chi connectivity index (χ3v) is 3.60. The summed E-state index contributed by atoms with van der Waals surface area (Å²) >= 11 is 0. The van der Waals surface area contributed by atoms with Gasteiger partial charge < -0.3 is 15.0 Å². The molecule has 98 valence electrons. The number of hydrogen-bond donors (Lipinski definition) is 1. The fourth-order valence-corrected chi connectivity index (χ4v) is 2.66. The number of hydrogen-bond acceptors (Lipinski definition) is 3. The third kappa shape index (κ3) is 3.42. The van der Waals surface area contributed by atoms with Gasteiger partial charge in [-0.1, -0.05) is 12.8 Å². The first-order valence-electron chi connectivity index (χ1n) is 6.75.